The number of rotatable bonds is 6. The summed E-state index contributed by atoms with van der Waals surface area (Å²) in [7, 11) is 3.09. The van der Waals surface area contributed by atoms with Gasteiger partial charge in [-0.2, -0.15) is 5.10 Å². The van der Waals surface area contributed by atoms with Gasteiger partial charge in [0.1, 0.15) is 0 Å². The SMILES string of the molecule is Cc1ccc(NC(=O)/C(=N\N(C)C)[C@@H]([C@H]2OC(=O)c3ccccc32)[N+](=O)[O-])cc1. The van der Waals surface area contributed by atoms with Crippen LogP contribution in [0.15, 0.2) is 53.6 Å². The van der Waals surface area contributed by atoms with Gasteiger partial charge in [0.2, 0.25) is 11.8 Å². The second kappa shape index (κ2) is 8.09. The molecule has 0 aliphatic carbocycles. The number of nitro groups is 1. The minimum atomic E-state index is -1.67. The van der Waals surface area contributed by atoms with Crippen molar-refractivity contribution in [1.29, 1.82) is 0 Å². The molecule has 0 saturated heterocycles. The Hall–Kier alpha value is -3.75. The van der Waals surface area contributed by atoms with Gasteiger partial charge in [-0.15, -0.1) is 0 Å². The van der Waals surface area contributed by atoms with Gasteiger partial charge in [-0.05, 0) is 25.1 Å². The molecule has 2 aromatic rings. The lowest BCUT2D eigenvalue weighted by molar-refractivity contribution is -0.514. The van der Waals surface area contributed by atoms with E-state index < -0.39 is 28.9 Å². The standard InChI is InChI=1S/C20H20N4O5/c1-12-8-10-13(11-9-12)21-19(25)16(22-23(2)3)17(24(27)28)18-14-6-4-5-7-15(14)20(26)29-18/h4-11,17-18H,1-3H3,(H,21,25)/b22-16-/t17-,18-/m0/s1. The molecule has 9 nitrogen and oxygen atoms in total. The van der Waals surface area contributed by atoms with E-state index in [4.69, 9.17) is 4.74 Å². The summed E-state index contributed by atoms with van der Waals surface area (Å²) in [5.41, 5.74) is 1.71. The number of hydrogen-bond donors (Lipinski definition) is 1. The Bertz CT molecular complexity index is 985. The molecule has 0 aromatic heterocycles. The van der Waals surface area contributed by atoms with Crippen LogP contribution >= 0.6 is 0 Å². The molecule has 0 spiro atoms. The molecular formula is C20H20N4O5. The van der Waals surface area contributed by atoms with Crippen LogP contribution in [0.4, 0.5) is 5.69 Å². The molecule has 0 unspecified atom stereocenters. The highest BCUT2D eigenvalue weighted by Gasteiger charge is 2.48. The average molecular weight is 396 g/mol. The molecule has 150 valence electrons. The molecule has 1 amide bonds. The number of anilines is 1. The molecule has 2 aromatic carbocycles. The number of cyclic esters (lactones) is 1. The smallest absolute Gasteiger partial charge is 0.339 e. The van der Waals surface area contributed by atoms with Crippen LogP contribution in [-0.4, -0.2) is 47.7 Å². The fourth-order valence-corrected chi connectivity index (χ4v) is 3.05. The maximum absolute atomic E-state index is 12.9. The third kappa shape index (κ3) is 4.23. The molecule has 1 N–H and O–H groups in total. The van der Waals surface area contributed by atoms with Gasteiger partial charge < -0.3 is 15.1 Å². The molecular weight excluding hydrogens is 376 g/mol. The Morgan fingerprint density at radius 3 is 2.48 bits per heavy atom. The minimum absolute atomic E-state index is 0.243. The van der Waals surface area contributed by atoms with Crippen molar-refractivity contribution in [2.24, 2.45) is 5.10 Å². The number of nitrogens with zero attached hydrogens (tertiary/aromatic N) is 3. The van der Waals surface area contributed by atoms with Crippen molar-refractivity contribution in [2.45, 2.75) is 19.1 Å². The first-order valence-corrected chi connectivity index (χ1v) is 8.85. The lowest BCUT2D eigenvalue weighted by Crippen LogP contribution is -2.43. The molecule has 1 aliphatic rings. The van der Waals surface area contributed by atoms with Crippen molar-refractivity contribution >= 4 is 23.3 Å². The molecule has 0 saturated carbocycles. The summed E-state index contributed by atoms with van der Waals surface area (Å²) in [5.74, 6) is -1.41. The number of hydrogen-bond acceptors (Lipinski definition) is 7. The van der Waals surface area contributed by atoms with Crippen LogP contribution in [0, 0.1) is 17.0 Å². The first-order chi connectivity index (χ1) is 13.8. The molecule has 2 atom stereocenters. The van der Waals surface area contributed by atoms with Gasteiger partial charge in [-0.1, -0.05) is 35.9 Å². The van der Waals surface area contributed by atoms with E-state index in [0.717, 1.165) is 5.56 Å². The van der Waals surface area contributed by atoms with Gasteiger partial charge >= 0.3 is 12.0 Å². The van der Waals surface area contributed by atoms with Crippen molar-refractivity contribution < 1.29 is 19.2 Å². The van der Waals surface area contributed by atoms with Gasteiger partial charge in [-0.25, -0.2) is 4.79 Å². The number of amides is 1. The van der Waals surface area contributed by atoms with E-state index in [0.29, 0.717) is 11.3 Å². The van der Waals surface area contributed by atoms with Gasteiger partial charge in [0.15, 0.2) is 0 Å². The van der Waals surface area contributed by atoms with Crippen molar-refractivity contribution in [3.05, 3.63) is 75.3 Å². The van der Waals surface area contributed by atoms with E-state index in [1.165, 1.54) is 11.1 Å². The van der Waals surface area contributed by atoms with Crippen molar-refractivity contribution in [3.63, 3.8) is 0 Å². The Morgan fingerprint density at radius 1 is 1.21 bits per heavy atom. The Labute approximate surface area is 167 Å². The molecule has 1 aliphatic heterocycles. The molecule has 9 heteroatoms. The molecule has 1 heterocycles. The fraction of sp³-hybridized carbons (Fsp3) is 0.250. The van der Waals surface area contributed by atoms with Crippen LogP contribution in [0.5, 0.6) is 0 Å². The zero-order valence-electron chi connectivity index (χ0n) is 16.2. The van der Waals surface area contributed by atoms with Gasteiger partial charge in [0.05, 0.1) is 5.56 Å². The first kappa shape index (κ1) is 20.0. The lowest BCUT2D eigenvalue weighted by Gasteiger charge is -2.19. The molecule has 3 rings (SSSR count). The number of fused-ring (bicyclic) bond motifs is 1. The predicted octanol–water partition coefficient (Wildman–Crippen LogP) is 2.41. The van der Waals surface area contributed by atoms with Crippen LogP contribution in [0.25, 0.3) is 0 Å². The highest BCUT2D eigenvalue weighted by Crippen LogP contribution is 2.34. The van der Waals surface area contributed by atoms with Crippen molar-refractivity contribution in [1.82, 2.24) is 5.01 Å². The maximum atomic E-state index is 12.9. The summed E-state index contributed by atoms with van der Waals surface area (Å²) in [6.45, 7) is 1.90. The maximum Gasteiger partial charge on any atom is 0.339 e. The van der Waals surface area contributed by atoms with Crippen LogP contribution in [0.3, 0.4) is 0 Å². The van der Waals surface area contributed by atoms with E-state index in [2.05, 4.69) is 10.4 Å². The second-order valence-electron chi connectivity index (χ2n) is 6.80. The van der Waals surface area contributed by atoms with E-state index in [-0.39, 0.29) is 11.3 Å². The molecule has 0 bridgehead atoms. The lowest BCUT2D eigenvalue weighted by atomic mass is 9.96. The van der Waals surface area contributed by atoms with Gasteiger partial charge in [0, 0.05) is 30.3 Å². The normalized spacial score (nSPS) is 16.6. The van der Waals surface area contributed by atoms with Gasteiger partial charge in [-0.3, -0.25) is 14.9 Å². The highest BCUT2D eigenvalue weighted by atomic mass is 16.6. The monoisotopic (exact) mass is 396 g/mol. The average Bonchev–Trinajstić information content (AvgIpc) is 2.99. The largest absolute Gasteiger partial charge is 0.446 e. The van der Waals surface area contributed by atoms with E-state index >= 15 is 0 Å². The summed E-state index contributed by atoms with van der Waals surface area (Å²) < 4.78 is 5.27. The number of esters is 1. The Morgan fingerprint density at radius 2 is 1.86 bits per heavy atom. The second-order valence-corrected chi connectivity index (χ2v) is 6.80. The number of benzene rings is 2. The van der Waals surface area contributed by atoms with Crippen LogP contribution in [-0.2, 0) is 9.53 Å². The number of nitrogens with one attached hydrogen (secondary N) is 1. The summed E-state index contributed by atoms with van der Waals surface area (Å²) >= 11 is 0. The zero-order chi connectivity index (χ0) is 21.1. The molecule has 29 heavy (non-hydrogen) atoms. The van der Waals surface area contributed by atoms with E-state index in [9.17, 15) is 19.7 Å². The van der Waals surface area contributed by atoms with E-state index in [1.54, 1.807) is 56.6 Å². The summed E-state index contributed by atoms with van der Waals surface area (Å²) in [6.07, 6.45) is -1.25. The Balaban J connectivity index is 1.99. The van der Waals surface area contributed by atoms with Gasteiger partial charge in [0.25, 0.3) is 5.91 Å². The summed E-state index contributed by atoms with van der Waals surface area (Å²) in [5, 5.41) is 19.9. The van der Waals surface area contributed by atoms with Crippen LogP contribution in [0.1, 0.15) is 27.6 Å². The number of ether oxygens (including phenoxy) is 1. The molecule has 0 radical (unpaired) electrons. The topological polar surface area (TPSA) is 114 Å². The number of carbonyl (C=O) groups is 2. The minimum Gasteiger partial charge on any atom is -0.446 e. The van der Waals surface area contributed by atoms with Crippen molar-refractivity contribution in [3.8, 4) is 0 Å². The third-order valence-electron chi connectivity index (χ3n) is 4.37. The molecule has 0 fully saturated rings. The van der Waals surface area contributed by atoms with Crippen LogP contribution < -0.4 is 5.32 Å². The third-order valence-corrected chi connectivity index (χ3v) is 4.37. The zero-order valence-corrected chi connectivity index (χ0v) is 16.2. The predicted molar refractivity (Wildman–Crippen MR) is 106 cm³/mol. The highest BCUT2D eigenvalue weighted by molar-refractivity contribution is 6.44. The number of hydrazone groups is 1. The van der Waals surface area contributed by atoms with Crippen LogP contribution in [0.2, 0.25) is 0 Å². The Kier molecular flexibility index (Phi) is 5.58. The summed E-state index contributed by atoms with van der Waals surface area (Å²) in [6, 6.07) is 11.7. The first-order valence-electron chi connectivity index (χ1n) is 8.85. The number of carbonyl (C=O) groups excluding carboxylic acids is 2. The fourth-order valence-electron chi connectivity index (χ4n) is 3.05. The summed E-state index contributed by atoms with van der Waals surface area (Å²) in [4.78, 5) is 36.4. The quantitative estimate of drug-likeness (QED) is 0.347. The van der Waals surface area contributed by atoms with Crippen molar-refractivity contribution in [2.75, 3.05) is 19.4 Å². The van der Waals surface area contributed by atoms with E-state index in [1.807, 2.05) is 6.92 Å². The number of aryl methyl sites for hydroxylation is 1.